The molecule has 0 N–H and O–H groups in total. The van der Waals surface area contributed by atoms with Crippen LogP contribution in [-0.2, 0) is 5.41 Å². The van der Waals surface area contributed by atoms with Gasteiger partial charge in [0.15, 0.2) is 0 Å². The first-order valence-electron chi connectivity index (χ1n) is 39.8. The van der Waals surface area contributed by atoms with Gasteiger partial charge in [0.1, 0.15) is 22.8 Å². The number of benzene rings is 16. The zero-order chi connectivity index (χ0) is 76.7. The van der Waals surface area contributed by atoms with Crippen LogP contribution < -0.4 is 0 Å². The normalized spacial score (nSPS) is 12.5. The molecule has 7 aromatic heterocycles. The third-order valence-corrected chi connectivity index (χ3v) is 24.2. The fourth-order valence-electron chi connectivity index (χ4n) is 19.0. The molecule has 0 atom stereocenters. The Morgan fingerprint density at radius 1 is 0.224 bits per heavy atom. The number of rotatable bonds is 10. The summed E-state index contributed by atoms with van der Waals surface area (Å²) in [5.41, 5.74) is 31.7. The van der Waals surface area contributed by atoms with Gasteiger partial charge < -0.3 is 13.6 Å². The van der Waals surface area contributed by atoms with Crippen LogP contribution in [-0.4, -0.2) is 28.2 Å². The Labute approximate surface area is 669 Å². The Morgan fingerprint density at radius 3 is 1.03 bits per heavy atom. The van der Waals surface area contributed by atoms with Crippen LogP contribution in [0.4, 0.5) is 0 Å². The lowest BCUT2D eigenvalue weighted by Gasteiger charge is -2.24. The van der Waals surface area contributed by atoms with Gasteiger partial charge in [-0.1, -0.05) is 281 Å². The molecule has 0 amide bonds. The molecule has 7 heterocycles. The molecule has 0 unspecified atom stereocenters. The van der Waals surface area contributed by atoms with E-state index in [0.29, 0.717) is 0 Å². The van der Waals surface area contributed by atoms with E-state index in [1.165, 1.54) is 126 Å². The average Bonchev–Trinajstić information content (AvgIpc) is 1.57. The molecule has 0 spiro atoms. The predicted molar refractivity (Wildman–Crippen MR) is 483 cm³/mol. The minimum absolute atomic E-state index is 0.171. The smallest absolute Gasteiger partial charge is 0.144 e. The summed E-state index contributed by atoms with van der Waals surface area (Å²) in [6.45, 7) is 4.71. The average molecular weight is 1480 g/mol. The van der Waals surface area contributed by atoms with E-state index in [1.807, 2.05) is 12.1 Å². The van der Waals surface area contributed by atoms with Gasteiger partial charge in [-0.2, -0.15) is 0 Å². The van der Waals surface area contributed by atoms with E-state index in [2.05, 4.69) is 420 Å². The summed E-state index contributed by atoms with van der Waals surface area (Å²) < 4.78 is 16.0. The maximum atomic E-state index is 6.54. The molecule has 0 saturated heterocycles. The molecule has 16 aromatic carbocycles. The van der Waals surface area contributed by atoms with Crippen molar-refractivity contribution in [2.75, 3.05) is 0 Å². The van der Waals surface area contributed by atoms with Crippen LogP contribution >= 0.6 is 0 Å². The summed E-state index contributed by atoms with van der Waals surface area (Å²) in [5.74, 6) is 1.76. The second-order valence-electron chi connectivity index (χ2n) is 31.1. The maximum absolute atomic E-state index is 6.54. The zero-order valence-corrected chi connectivity index (χ0v) is 63.7. The van der Waals surface area contributed by atoms with E-state index in [-0.39, 0.29) is 5.41 Å². The van der Waals surface area contributed by atoms with Gasteiger partial charge in [0.25, 0.3) is 0 Å². The summed E-state index contributed by atoms with van der Waals surface area (Å²) in [6.07, 6.45) is 0. The molecule has 7 nitrogen and oxygen atoms in total. The van der Waals surface area contributed by atoms with Gasteiger partial charge >= 0.3 is 0 Å². The highest BCUT2D eigenvalue weighted by molar-refractivity contribution is 6.16. The highest BCUT2D eigenvalue weighted by atomic mass is 16.3. The van der Waals surface area contributed by atoms with Crippen molar-refractivity contribution < 1.29 is 4.42 Å². The van der Waals surface area contributed by atoms with Crippen molar-refractivity contribution in [3.63, 3.8) is 0 Å². The maximum Gasteiger partial charge on any atom is 0.144 e. The highest BCUT2D eigenvalue weighted by Gasteiger charge is 2.38. The summed E-state index contributed by atoms with van der Waals surface area (Å²) >= 11 is 0. The first-order chi connectivity index (χ1) is 57.3. The summed E-state index contributed by atoms with van der Waals surface area (Å²) in [5, 5.41) is 12.0. The molecule has 0 radical (unpaired) electrons. The fraction of sp³-hybridized carbons (Fsp3) is 0.0275. The molecule has 23 aromatic rings. The number of furan rings is 1. The lowest BCUT2D eigenvalue weighted by molar-refractivity contribution is 0.662. The Hall–Kier alpha value is -15.2. The fourth-order valence-corrected chi connectivity index (χ4v) is 19.0. The molecule has 1 aliphatic carbocycles. The van der Waals surface area contributed by atoms with Gasteiger partial charge in [0.2, 0.25) is 0 Å². The van der Waals surface area contributed by atoms with Crippen molar-refractivity contribution in [1.82, 2.24) is 28.2 Å². The van der Waals surface area contributed by atoms with Crippen LogP contribution in [0.2, 0.25) is 0 Å². The van der Waals surface area contributed by atoms with E-state index in [4.69, 9.17) is 14.4 Å². The van der Waals surface area contributed by atoms with Gasteiger partial charge in [-0.15, -0.1) is 0 Å². The van der Waals surface area contributed by atoms with Crippen LogP contribution in [0.5, 0.6) is 0 Å². The minimum Gasteiger partial charge on any atom is -0.455 e. The first-order valence-corrected chi connectivity index (χ1v) is 39.8. The van der Waals surface area contributed by atoms with Gasteiger partial charge in [-0.05, 0) is 200 Å². The summed E-state index contributed by atoms with van der Waals surface area (Å²) in [6, 6.07) is 144. The van der Waals surface area contributed by atoms with Crippen LogP contribution in [0.15, 0.2) is 405 Å². The van der Waals surface area contributed by atoms with Crippen molar-refractivity contribution >= 4 is 109 Å². The molecular formula is C109H72N6O. The Morgan fingerprint density at radius 2 is 0.560 bits per heavy atom. The largest absolute Gasteiger partial charge is 0.455 e. The van der Waals surface area contributed by atoms with Crippen molar-refractivity contribution in [2.45, 2.75) is 19.3 Å². The van der Waals surface area contributed by atoms with Crippen LogP contribution in [0.25, 0.3) is 210 Å². The quantitative estimate of drug-likeness (QED) is 0.137. The molecule has 0 fully saturated rings. The molecule has 7 heteroatoms. The first kappa shape index (κ1) is 66.6. The molecule has 0 bridgehead atoms. The van der Waals surface area contributed by atoms with Crippen LogP contribution in [0, 0.1) is 0 Å². The van der Waals surface area contributed by atoms with Gasteiger partial charge in [0.05, 0.1) is 55.5 Å². The minimum atomic E-state index is -0.171. The monoisotopic (exact) mass is 1480 g/mol. The highest BCUT2D eigenvalue weighted by Crippen LogP contribution is 2.53. The van der Waals surface area contributed by atoms with Crippen molar-refractivity contribution in [2.24, 2.45) is 0 Å². The number of hydrogen-bond donors (Lipinski definition) is 0. The third kappa shape index (κ3) is 10.6. The number of fused-ring (bicyclic) bond motifs is 18. The summed E-state index contributed by atoms with van der Waals surface area (Å²) in [4.78, 5) is 11.1. The van der Waals surface area contributed by atoms with Crippen LogP contribution in [0.3, 0.4) is 0 Å². The van der Waals surface area contributed by atoms with E-state index < -0.39 is 0 Å². The van der Waals surface area contributed by atoms with Crippen LogP contribution in [0.1, 0.15) is 25.0 Å². The Kier molecular flexibility index (Phi) is 15.2. The lowest BCUT2D eigenvalue weighted by Crippen LogP contribution is -2.16. The van der Waals surface area contributed by atoms with Crippen molar-refractivity contribution in [3.05, 3.63) is 412 Å². The van der Waals surface area contributed by atoms with Gasteiger partial charge in [-0.3, -0.25) is 9.13 Å². The van der Waals surface area contributed by atoms with Crippen molar-refractivity contribution in [1.29, 1.82) is 0 Å². The predicted octanol–water partition coefficient (Wildman–Crippen LogP) is 28.8. The molecule has 0 saturated carbocycles. The van der Waals surface area contributed by atoms with Gasteiger partial charge in [0, 0.05) is 81.8 Å². The molecule has 1 aliphatic rings. The third-order valence-electron chi connectivity index (χ3n) is 24.2. The number of hydrogen-bond acceptors (Lipinski definition) is 3. The number of nitrogens with zero attached hydrogens (tertiary/aromatic N) is 6. The molecule has 0 aliphatic heterocycles. The molecule has 24 rings (SSSR count). The standard InChI is InChI=1S/C56H39N3.C53H33N3O/c1-56(2)48-25-12-9-20-41(48)44-23-15-24-45(55(44)56)49-34-39(36-16-5-3-6-17-36)35-54(57-49)59-51-27-14-11-22-43(51)47-33-38(29-31-53(47)59)37-28-30-52-46(32-37)42-21-10-13-26-50(42)58(52)40-18-7-4-8-19-40;1-3-14-34(15-4-1)37-32-46(43-22-13-21-42-41-20-9-12-25-51(41)57-53(42)43)54-52(33-37)56-48-24-11-8-19-40(48)45-31-36(27-29-50(45)56)35-26-28-49-44(30-35)39-18-7-10-23-47(39)55(49)38-16-5-2-6-17-38/h3-35H,1-2H3;1-33H. The molecule has 544 valence electrons. The van der Waals surface area contributed by atoms with E-state index in [0.717, 1.165) is 95.0 Å². The van der Waals surface area contributed by atoms with E-state index >= 15 is 0 Å². The topological polar surface area (TPSA) is 58.6 Å². The second-order valence-corrected chi connectivity index (χ2v) is 31.1. The Balaban J connectivity index is 0.000000137. The SMILES string of the molecule is CC1(C)c2ccccc2-c2cccc(-c3cc(-c4ccccc4)cc(-n4c5ccccc5c5cc(-c6ccc7c(c6)c6ccccc6n7-c6ccccc6)ccc54)n3)c21.c1ccc(-c2cc(-c3cccc4c3oc3ccccc34)nc(-n3c4ccccc4c4cc(-c5ccc6c(c5)c5ccccc5n6-c5ccccc5)ccc43)c2)cc1. The number of pyridine rings is 2. The van der Waals surface area contributed by atoms with E-state index in [1.54, 1.807) is 0 Å². The number of aromatic nitrogens is 6. The molecule has 116 heavy (non-hydrogen) atoms. The van der Waals surface area contributed by atoms with E-state index in [9.17, 15) is 0 Å². The second kappa shape index (κ2) is 26.5. The number of para-hydroxylation sites is 8. The Bertz CT molecular complexity index is 7910. The van der Waals surface area contributed by atoms with Gasteiger partial charge in [-0.25, -0.2) is 9.97 Å². The zero-order valence-electron chi connectivity index (χ0n) is 63.7. The lowest BCUT2D eigenvalue weighted by atomic mass is 9.79. The molecular weight excluding hydrogens is 1410 g/mol. The van der Waals surface area contributed by atoms with Crippen molar-refractivity contribution in [3.8, 4) is 101 Å². The summed E-state index contributed by atoms with van der Waals surface area (Å²) in [7, 11) is 0.